The number of carboxylic acid groups (broad SMARTS) is 1. The first kappa shape index (κ1) is 22.3. The van der Waals surface area contributed by atoms with Crippen LogP contribution in [0.15, 0.2) is 39.0 Å². The van der Waals surface area contributed by atoms with Gasteiger partial charge in [0, 0.05) is 11.3 Å². The van der Waals surface area contributed by atoms with Gasteiger partial charge in [0.05, 0.1) is 19.2 Å². The van der Waals surface area contributed by atoms with E-state index in [0.717, 1.165) is 26.0 Å². The molecule has 0 spiro atoms. The molecular formula is C19H17BrFN3O4S2. The van der Waals surface area contributed by atoms with Crippen LogP contribution in [0.1, 0.15) is 18.2 Å². The number of carbonyl (C=O) groups is 1. The maximum atomic E-state index is 14.6. The van der Waals surface area contributed by atoms with Crippen molar-refractivity contribution in [2.24, 2.45) is 0 Å². The molecule has 0 aliphatic rings. The Morgan fingerprint density at radius 2 is 2.00 bits per heavy atom. The fraction of sp³-hybridized carbons (Fsp3) is 0.211. The molecule has 0 aliphatic heterocycles. The summed E-state index contributed by atoms with van der Waals surface area (Å²) in [5.41, 5.74) is 1.57. The lowest BCUT2D eigenvalue weighted by atomic mass is 10.1. The van der Waals surface area contributed by atoms with Crippen molar-refractivity contribution in [1.29, 1.82) is 0 Å². The van der Waals surface area contributed by atoms with E-state index in [-0.39, 0.29) is 5.69 Å². The van der Waals surface area contributed by atoms with E-state index < -0.39 is 32.3 Å². The predicted molar refractivity (Wildman–Crippen MR) is 117 cm³/mol. The SMILES string of the molecule is CCc1c(C)nc(-c2ccc(Br)s2)nc1Nc1ccc(S(=O)(=O)CC(=O)O)cc1F. The zero-order chi connectivity index (χ0) is 22.1. The van der Waals surface area contributed by atoms with Crippen molar-refractivity contribution in [1.82, 2.24) is 9.97 Å². The average molecular weight is 514 g/mol. The molecule has 1 aromatic carbocycles. The Bertz CT molecular complexity index is 1230. The van der Waals surface area contributed by atoms with Gasteiger partial charge in [-0.2, -0.15) is 0 Å². The topological polar surface area (TPSA) is 109 Å². The summed E-state index contributed by atoms with van der Waals surface area (Å²) in [6.45, 7) is 3.77. The highest BCUT2D eigenvalue weighted by atomic mass is 79.9. The molecule has 0 saturated heterocycles. The van der Waals surface area contributed by atoms with Crippen molar-refractivity contribution in [2.75, 3.05) is 11.1 Å². The molecule has 11 heteroatoms. The van der Waals surface area contributed by atoms with Gasteiger partial charge >= 0.3 is 5.97 Å². The number of halogens is 2. The van der Waals surface area contributed by atoms with Gasteiger partial charge < -0.3 is 10.4 Å². The molecule has 2 aromatic heterocycles. The van der Waals surface area contributed by atoms with Crippen molar-refractivity contribution in [3.05, 3.63) is 51.2 Å². The van der Waals surface area contributed by atoms with E-state index in [0.29, 0.717) is 18.1 Å². The van der Waals surface area contributed by atoms with E-state index in [1.165, 1.54) is 23.5 Å². The number of aryl methyl sites for hydroxylation is 1. The smallest absolute Gasteiger partial charge is 0.319 e. The quantitative estimate of drug-likeness (QED) is 0.475. The van der Waals surface area contributed by atoms with E-state index >= 15 is 0 Å². The summed E-state index contributed by atoms with van der Waals surface area (Å²) in [5, 5.41) is 11.7. The maximum absolute atomic E-state index is 14.6. The highest BCUT2D eigenvalue weighted by Crippen LogP contribution is 2.32. The first-order valence-electron chi connectivity index (χ1n) is 8.75. The second-order valence-electron chi connectivity index (χ2n) is 6.34. The van der Waals surface area contributed by atoms with Crippen molar-refractivity contribution >= 4 is 54.6 Å². The van der Waals surface area contributed by atoms with Crippen molar-refractivity contribution in [3.8, 4) is 10.7 Å². The summed E-state index contributed by atoms with van der Waals surface area (Å²) in [7, 11) is -4.13. The summed E-state index contributed by atoms with van der Waals surface area (Å²) in [6, 6.07) is 6.98. The summed E-state index contributed by atoms with van der Waals surface area (Å²) in [6.07, 6.45) is 0.606. The summed E-state index contributed by atoms with van der Waals surface area (Å²) >= 11 is 4.87. The number of rotatable bonds is 7. The predicted octanol–water partition coefficient (Wildman–Crippen LogP) is 4.58. The van der Waals surface area contributed by atoms with E-state index in [9.17, 15) is 17.6 Å². The van der Waals surface area contributed by atoms with Crippen LogP contribution in [0.5, 0.6) is 0 Å². The minimum absolute atomic E-state index is 0.0235. The molecule has 7 nitrogen and oxygen atoms in total. The number of aromatic nitrogens is 2. The fourth-order valence-corrected chi connectivity index (χ4v) is 5.20. The van der Waals surface area contributed by atoms with E-state index in [4.69, 9.17) is 5.11 Å². The lowest BCUT2D eigenvalue weighted by Gasteiger charge is -2.14. The lowest BCUT2D eigenvalue weighted by Crippen LogP contribution is -2.15. The molecule has 30 heavy (non-hydrogen) atoms. The third-order valence-electron chi connectivity index (χ3n) is 4.23. The summed E-state index contributed by atoms with van der Waals surface area (Å²) < 4.78 is 39.6. The molecule has 0 bridgehead atoms. The molecule has 0 radical (unpaired) electrons. The minimum atomic E-state index is -4.13. The van der Waals surface area contributed by atoms with Crippen molar-refractivity contribution in [3.63, 3.8) is 0 Å². The molecule has 0 amide bonds. The van der Waals surface area contributed by atoms with Crippen LogP contribution in [0.25, 0.3) is 10.7 Å². The number of benzene rings is 1. The Balaban J connectivity index is 1.99. The van der Waals surface area contributed by atoms with Crippen LogP contribution in [-0.2, 0) is 21.1 Å². The average Bonchev–Trinajstić information content (AvgIpc) is 3.08. The standard InChI is InChI=1S/C19H17BrFN3O4S2/c1-3-12-10(2)22-19(15-6-7-16(20)29-15)24-18(12)23-14-5-4-11(8-13(14)21)30(27,28)9-17(25)26/h4-8H,3,9H2,1-2H3,(H,25,26)(H,22,23,24). The first-order chi connectivity index (χ1) is 14.1. The van der Waals surface area contributed by atoms with Crippen LogP contribution in [0, 0.1) is 12.7 Å². The monoisotopic (exact) mass is 513 g/mol. The second kappa shape index (κ2) is 8.78. The number of nitrogens with one attached hydrogen (secondary N) is 1. The number of aliphatic carboxylic acids is 1. The molecule has 0 saturated carbocycles. The molecule has 0 unspecified atom stereocenters. The van der Waals surface area contributed by atoms with Gasteiger partial charge in [-0.3, -0.25) is 4.79 Å². The summed E-state index contributed by atoms with van der Waals surface area (Å²) in [4.78, 5) is 20.3. The highest BCUT2D eigenvalue weighted by Gasteiger charge is 2.21. The molecule has 3 rings (SSSR count). The van der Waals surface area contributed by atoms with Gasteiger partial charge in [-0.15, -0.1) is 11.3 Å². The van der Waals surface area contributed by atoms with Gasteiger partial charge in [0.25, 0.3) is 0 Å². The fourth-order valence-electron chi connectivity index (χ4n) is 2.83. The van der Waals surface area contributed by atoms with E-state index in [1.807, 2.05) is 26.0 Å². The zero-order valence-electron chi connectivity index (χ0n) is 15.9. The van der Waals surface area contributed by atoms with Crippen molar-refractivity contribution in [2.45, 2.75) is 25.2 Å². The normalized spacial score (nSPS) is 11.5. The molecule has 3 aromatic rings. The Labute approximate surface area is 185 Å². The molecule has 158 valence electrons. The number of nitrogens with zero attached hydrogens (tertiary/aromatic N) is 2. The van der Waals surface area contributed by atoms with Crippen LogP contribution >= 0.6 is 27.3 Å². The van der Waals surface area contributed by atoms with E-state index in [2.05, 4.69) is 31.2 Å². The van der Waals surface area contributed by atoms with Gasteiger partial charge in [0.2, 0.25) is 0 Å². The first-order valence-corrected chi connectivity index (χ1v) is 12.0. The number of carboxylic acids is 1. The molecular weight excluding hydrogens is 497 g/mol. The number of hydrogen-bond acceptors (Lipinski definition) is 7. The Morgan fingerprint density at radius 3 is 2.57 bits per heavy atom. The van der Waals surface area contributed by atoms with Gasteiger partial charge in [-0.25, -0.2) is 22.8 Å². The van der Waals surface area contributed by atoms with Gasteiger partial charge in [-0.1, -0.05) is 6.92 Å². The minimum Gasteiger partial charge on any atom is -0.480 e. The largest absolute Gasteiger partial charge is 0.480 e. The molecule has 2 N–H and O–H groups in total. The number of anilines is 2. The van der Waals surface area contributed by atoms with Crippen LogP contribution in [-0.4, -0.2) is 35.2 Å². The molecule has 2 heterocycles. The number of sulfone groups is 1. The molecule has 0 atom stereocenters. The second-order valence-corrected chi connectivity index (χ2v) is 10.8. The molecule has 0 aliphatic carbocycles. The Kier molecular flexibility index (Phi) is 6.53. The summed E-state index contributed by atoms with van der Waals surface area (Å²) in [5.74, 6) is -2.53. The molecule has 0 fully saturated rings. The zero-order valence-corrected chi connectivity index (χ0v) is 19.2. The number of hydrogen-bond donors (Lipinski definition) is 2. The Hall–Kier alpha value is -2.37. The van der Waals surface area contributed by atoms with Crippen LogP contribution in [0.3, 0.4) is 0 Å². The van der Waals surface area contributed by atoms with Crippen LogP contribution < -0.4 is 5.32 Å². The third-order valence-corrected chi connectivity index (χ3v) is 7.45. The Morgan fingerprint density at radius 1 is 1.27 bits per heavy atom. The third kappa shape index (κ3) is 4.85. The van der Waals surface area contributed by atoms with Gasteiger partial charge in [0.1, 0.15) is 11.6 Å². The maximum Gasteiger partial charge on any atom is 0.319 e. The highest BCUT2D eigenvalue weighted by molar-refractivity contribution is 9.11. The van der Waals surface area contributed by atoms with Gasteiger partial charge in [-0.05, 0) is 59.6 Å². The van der Waals surface area contributed by atoms with Crippen LogP contribution in [0.2, 0.25) is 0 Å². The van der Waals surface area contributed by atoms with Crippen molar-refractivity contribution < 1.29 is 22.7 Å². The van der Waals surface area contributed by atoms with Crippen LogP contribution in [0.4, 0.5) is 15.9 Å². The van der Waals surface area contributed by atoms with E-state index in [1.54, 1.807) is 0 Å². The lowest BCUT2D eigenvalue weighted by molar-refractivity contribution is -0.134. The van der Waals surface area contributed by atoms with Gasteiger partial charge in [0.15, 0.2) is 21.4 Å². The number of thiophene rings is 1.